The highest BCUT2D eigenvalue weighted by Gasteiger charge is 2.34. The van der Waals surface area contributed by atoms with Crippen LogP contribution in [-0.4, -0.2) is 53.2 Å². The Labute approximate surface area is 226 Å². The number of halogens is 1. The van der Waals surface area contributed by atoms with E-state index in [0.29, 0.717) is 34.9 Å². The lowest BCUT2D eigenvalue weighted by Gasteiger charge is -2.19. The van der Waals surface area contributed by atoms with Gasteiger partial charge >= 0.3 is 0 Å². The minimum atomic E-state index is -0.653. The van der Waals surface area contributed by atoms with Crippen molar-refractivity contribution in [1.82, 2.24) is 9.47 Å². The fourth-order valence-corrected chi connectivity index (χ4v) is 5.16. The highest BCUT2D eigenvalue weighted by atomic mass is 19.1. The standard InChI is InChI=1S/C30H32FN3O5/c1-6-37-24-13-18-14-33(29(32)25(18)26(31)28(24)38-7-2)15-21(35)17-8-9-23-20(12-17)34-11-10-19(30(3,4)5)27(34)22(36)16-39-23/h8-13,32H,6-7,14-16H2,1-5H3. The largest absolute Gasteiger partial charge is 0.490 e. The Hall–Kier alpha value is -4.14. The Bertz CT molecular complexity index is 1500. The number of aromatic nitrogens is 1. The highest BCUT2D eigenvalue weighted by Crippen LogP contribution is 2.39. The minimum absolute atomic E-state index is 0.0199. The molecular formula is C30H32FN3O5. The summed E-state index contributed by atoms with van der Waals surface area (Å²) in [6.07, 6.45) is 1.83. The molecule has 2 aromatic carbocycles. The van der Waals surface area contributed by atoms with Crippen molar-refractivity contribution in [1.29, 1.82) is 5.41 Å². The summed E-state index contributed by atoms with van der Waals surface area (Å²) in [6, 6.07) is 8.66. The van der Waals surface area contributed by atoms with Gasteiger partial charge in [-0.15, -0.1) is 0 Å². The molecule has 0 bridgehead atoms. The fourth-order valence-electron chi connectivity index (χ4n) is 5.16. The van der Waals surface area contributed by atoms with E-state index in [1.54, 1.807) is 42.7 Å². The second-order valence-corrected chi connectivity index (χ2v) is 10.6. The molecule has 0 aliphatic carbocycles. The van der Waals surface area contributed by atoms with Crippen LogP contribution in [0.4, 0.5) is 4.39 Å². The average Bonchev–Trinajstić information content (AvgIpc) is 3.43. The zero-order valence-corrected chi connectivity index (χ0v) is 22.8. The van der Waals surface area contributed by atoms with Crippen molar-refractivity contribution in [3.8, 4) is 22.9 Å². The van der Waals surface area contributed by atoms with Gasteiger partial charge in [-0.1, -0.05) is 20.8 Å². The van der Waals surface area contributed by atoms with Crippen molar-refractivity contribution in [2.45, 2.75) is 46.6 Å². The number of rotatable bonds is 7. The molecule has 5 rings (SSSR count). The van der Waals surface area contributed by atoms with Crippen LogP contribution in [0, 0.1) is 11.2 Å². The quantitative estimate of drug-likeness (QED) is 0.414. The van der Waals surface area contributed by atoms with E-state index in [1.165, 1.54) is 4.90 Å². The van der Waals surface area contributed by atoms with Crippen LogP contribution in [0.15, 0.2) is 36.5 Å². The van der Waals surface area contributed by atoms with E-state index in [0.717, 1.165) is 5.56 Å². The zero-order valence-electron chi connectivity index (χ0n) is 22.8. The number of ether oxygens (including phenoxy) is 3. The van der Waals surface area contributed by atoms with Crippen LogP contribution in [-0.2, 0) is 12.0 Å². The number of benzene rings is 2. The smallest absolute Gasteiger partial charge is 0.217 e. The molecule has 0 radical (unpaired) electrons. The Morgan fingerprint density at radius 2 is 1.87 bits per heavy atom. The molecule has 0 saturated heterocycles. The number of carbonyl (C=O) groups is 2. The number of hydrogen-bond acceptors (Lipinski definition) is 6. The molecule has 0 saturated carbocycles. The van der Waals surface area contributed by atoms with Crippen LogP contribution in [0.5, 0.6) is 17.2 Å². The van der Waals surface area contributed by atoms with E-state index < -0.39 is 5.82 Å². The lowest BCUT2D eigenvalue weighted by atomic mass is 9.86. The Morgan fingerprint density at radius 1 is 1.13 bits per heavy atom. The maximum Gasteiger partial charge on any atom is 0.217 e. The first-order valence-corrected chi connectivity index (χ1v) is 13.0. The summed E-state index contributed by atoms with van der Waals surface area (Å²) in [5.74, 6) is -0.332. The van der Waals surface area contributed by atoms with E-state index in [4.69, 9.17) is 19.6 Å². The summed E-state index contributed by atoms with van der Waals surface area (Å²) < 4.78 is 34.0. The molecule has 1 N–H and O–H groups in total. The summed E-state index contributed by atoms with van der Waals surface area (Å²) in [7, 11) is 0. The SMILES string of the molecule is CCOc1cc2c(c(F)c1OCC)C(=N)N(CC(=O)c1ccc3c(c1)-n1ccc(C(C)(C)C)c1C(=O)CO3)C2. The molecule has 2 aliphatic rings. The molecule has 39 heavy (non-hydrogen) atoms. The molecule has 3 aromatic rings. The van der Waals surface area contributed by atoms with E-state index in [2.05, 4.69) is 0 Å². The lowest BCUT2D eigenvalue weighted by molar-refractivity contribution is 0.0917. The van der Waals surface area contributed by atoms with Gasteiger partial charge in [-0.3, -0.25) is 15.0 Å². The van der Waals surface area contributed by atoms with Crippen LogP contribution in [0.1, 0.15) is 72.2 Å². The van der Waals surface area contributed by atoms with Gasteiger partial charge in [0.15, 0.2) is 29.7 Å². The number of amidine groups is 1. The van der Waals surface area contributed by atoms with E-state index in [9.17, 15) is 9.59 Å². The Balaban J connectivity index is 1.44. The summed E-state index contributed by atoms with van der Waals surface area (Å²) in [5.41, 5.74) is 2.90. The number of nitrogens with zero attached hydrogens (tertiary/aromatic N) is 2. The van der Waals surface area contributed by atoms with Gasteiger partial charge in [-0.2, -0.15) is 0 Å². The number of nitrogens with one attached hydrogen (secondary N) is 1. The van der Waals surface area contributed by atoms with Gasteiger partial charge in [0.2, 0.25) is 5.78 Å². The first-order chi connectivity index (χ1) is 18.5. The van der Waals surface area contributed by atoms with Gasteiger partial charge in [0.25, 0.3) is 0 Å². The molecule has 0 atom stereocenters. The van der Waals surface area contributed by atoms with Crippen molar-refractivity contribution < 1.29 is 28.2 Å². The molecular weight excluding hydrogens is 501 g/mol. The number of carbonyl (C=O) groups excluding carboxylic acids is 2. The molecule has 9 heteroatoms. The first-order valence-electron chi connectivity index (χ1n) is 13.0. The number of ketones is 2. The second kappa shape index (κ2) is 9.87. The lowest BCUT2D eigenvalue weighted by Crippen LogP contribution is -2.30. The van der Waals surface area contributed by atoms with Crippen molar-refractivity contribution in [2.75, 3.05) is 26.4 Å². The molecule has 2 aliphatic heterocycles. The van der Waals surface area contributed by atoms with E-state index in [-0.39, 0.29) is 66.2 Å². The third kappa shape index (κ3) is 4.56. The number of hydrogen-bond donors (Lipinski definition) is 1. The van der Waals surface area contributed by atoms with Crippen LogP contribution >= 0.6 is 0 Å². The van der Waals surface area contributed by atoms with Crippen LogP contribution in [0.3, 0.4) is 0 Å². The monoisotopic (exact) mass is 533 g/mol. The minimum Gasteiger partial charge on any atom is -0.490 e. The van der Waals surface area contributed by atoms with Gasteiger partial charge in [0.05, 0.1) is 36.7 Å². The van der Waals surface area contributed by atoms with Gasteiger partial charge in [0.1, 0.15) is 11.6 Å². The van der Waals surface area contributed by atoms with Crippen molar-refractivity contribution in [2.24, 2.45) is 0 Å². The van der Waals surface area contributed by atoms with Crippen LogP contribution in [0.25, 0.3) is 5.69 Å². The number of fused-ring (bicyclic) bond motifs is 4. The topological polar surface area (TPSA) is 93.9 Å². The second-order valence-electron chi connectivity index (χ2n) is 10.6. The fraction of sp³-hybridized carbons (Fsp3) is 0.367. The van der Waals surface area contributed by atoms with Gasteiger partial charge < -0.3 is 23.7 Å². The summed E-state index contributed by atoms with van der Waals surface area (Å²) in [4.78, 5) is 27.9. The zero-order chi connectivity index (χ0) is 28.1. The summed E-state index contributed by atoms with van der Waals surface area (Å²) in [6.45, 7) is 10.3. The Morgan fingerprint density at radius 3 is 2.56 bits per heavy atom. The van der Waals surface area contributed by atoms with Crippen molar-refractivity contribution in [3.63, 3.8) is 0 Å². The molecule has 0 fully saturated rings. The summed E-state index contributed by atoms with van der Waals surface area (Å²) in [5, 5.41) is 8.62. The maximum absolute atomic E-state index is 15.4. The molecule has 0 spiro atoms. The predicted molar refractivity (Wildman–Crippen MR) is 145 cm³/mol. The summed E-state index contributed by atoms with van der Waals surface area (Å²) >= 11 is 0. The van der Waals surface area contributed by atoms with E-state index in [1.807, 2.05) is 33.0 Å². The van der Waals surface area contributed by atoms with Gasteiger partial charge in [-0.05, 0) is 60.7 Å². The number of Topliss-reactive ketones (excluding diaryl/α,β-unsaturated/α-hetero) is 2. The third-order valence-corrected chi connectivity index (χ3v) is 6.96. The molecule has 0 unspecified atom stereocenters. The van der Waals surface area contributed by atoms with Crippen LogP contribution in [0.2, 0.25) is 0 Å². The van der Waals surface area contributed by atoms with Gasteiger partial charge in [0, 0.05) is 18.3 Å². The van der Waals surface area contributed by atoms with Crippen molar-refractivity contribution >= 4 is 17.4 Å². The normalized spacial score (nSPS) is 14.4. The predicted octanol–water partition coefficient (Wildman–Crippen LogP) is 5.31. The molecule has 1 aromatic heterocycles. The maximum atomic E-state index is 15.4. The van der Waals surface area contributed by atoms with Crippen LogP contribution < -0.4 is 14.2 Å². The molecule has 204 valence electrons. The molecule has 8 nitrogen and oxygen atoms in total. The van der Waals surface area contributed by atoms with Gasteiger partial charge in [-0.25, -0.2) is 4.39 Å². The third-order valence-electron chi connectivity index (χ3n) is 6.96. The Kier molecular flexibility index (Phi) is 6.70. The average molecular weight is 534 g/mol. The highest BCUT2D eigenvalue weighted by molar-refractivity contribution is 6.06. The first kappa shape index (κ1) is 26.5. The molecule has 0 amide bonds. The van der Waals surface area contributed by atoms with Crippen molar-refractivity contribution in [3.05, 3.63) is 70.3 Å². The molecule has 3 heterocycles. The van der Waals surface area contributed by atoms with E-state index >= 15 is 4.39 Å².